The van der Waals surface area contributed by atoms with E-state index >= 15 is 0 Å². The monoisotopic (exact) mass is 276 g/mol. The van der Waals surface area contributed by atoms with E-state index in [1.165, 1.54) is 6.92 Å². The number of ether oxygens (including phenoxy) is 4. The van der Waals surface area contributed by atoms with Crippen molar-refractivity contribution in [3.8, 4) is 0 Å². The molecule has 6 nitrogen and oxygen atoms in total. The van der Waals surface area contributed by atoms with Crippen LogP contribution >= 0.6 is 0 Å². The minimum absolute atomic E-state index is 0.0124. The van der Waals surface area contributed by atoms with Crippen LogP contribution in [0.2, 0.25) is 0 Å². The Morgan fingerprint density at radius 1 is 1.00 bits per heavy atom. The Kier molecular flexibility index (Phi) is 7.44. The van der Waals surface area contributed by atoms with Gasteiger partial charge < -0.3 is 18.9 Å². The summed E-state index contributed by atoms with van der Waals surface area (Å²) in [5, 5.41) is 0. The number of esters is 1. The van der Waals surface area contributed by atoms with Gasteiger partial charge in [0.2, 0.25) is 0 Å². The van der Waals surface area contributed by atoms with Gasteiger partial charge >= 0.3 is 12.1 Å². The number of hydrogen-bond donors (Lipinski definition) is 0. The van der Waals surface area contributed by atoms with E-state index in [2.05, 4.69) is 0 Å². The summed E-state index contributed by atoms with van der Waals surface area (Å²) in [5.41, 5.74) is -0.296. The van der Waals surface area contributed by atoms with E-state index in [0.717, 1.165) is 0 Å². The Morgan fingerprint density at radius 2 is 1.53 bits per heavy atom. The van der Waals surface area contributed by atoms with Gasteiger partial charge in [-0.25, -0.2) is 4.79 Å². The molecular formula is C13H24O6. The lowest BCUT2D eigenvalue weighted by atomic mass is 10.2. The van der Waals surface area contributed by atoms with Crippen molar-refractivity contribution in [3.63, 3.8) is 0 Å². The van der Waals surface area contributed by atoms with Gasteiger partial charge in [-0.05, 0) is 34.6 Å². The zero-order valence-corrected chi connectivity index (χ0v) is 12.5. The molecule has 0 rings (SSSR count). The Morgan fingerprint density at radius 3 is 2.00 bits per heavy atom. The summed E-state index contributed by atoms with van der Waals surface area (Å²) < 4.78 is 20.1. The van der Waals surface area contributed by atoms with Crippen molar-refractivity contribution in [2.24, 2.45) is 0 Å². The normalized spacial score (nSPS) is 14.4. The second-order valence-electron chi connectivity index (χ2n) is 5.33. The Balaban J connectivity index is 3.83. The zero-order chi connectivity index (χ0) is 15.1. The van der Waals surface area contributed by atoms with Crippen LogP contribution in [0.15, 0.2) is 0 Å². The summed E-state index contributed by atoms with van der Waals surface area (Å²) in [6.45, 7) is 10.6. The fourth-order valence-corrected chi connectivity index (χ4v) is 1.29. The summed E-state index contributed by atoms with van der Waals surface area (Å²) in [6, 6.07) is 0. The fraction of sp³-hybridized carbons (Fsp3) is 0.846. The van der Waals surface area contributed by atoms with Crippen LogP contribution < -0.4 is 0 Å². The zero-order valence-electron chi connectivity index (χ0n) is 12.5. The molecule has 0 aromatic heterocycles. The quantitative estimate of drug-likeness (QED) is 0.693. The van der Waals surface area contributed by atoms with E-state index in [-0.39, 0.29) is 24.9 Å². The van der Waals surface area contributed by atoms with Gasteiger partial charge in [0, 0.05) is 6.92 Å². The van der Waals surface area contributed by atoms with Crippen LogP contribution in [0, 0.1) is 0 Å². The lowest BCUT2D eigenvalue weighted by molar-refractivity contribution is -0.144. The van der Waals surface area contributed by atoms with E-state index in [4.69, 9.17) is 18.9 Å². The first-order valence-corrected chi connectivity index (χ1v) is 6.24. The maximum atomic E-state index is 11.3. The molecule has 2 atom stereocenters. The Bertz CT molecular complexity index is 294. The highest BCUT2D eigenvalue weighted by atomic mass is 16.7. The van der Waals surface area contributed by atoms with Crippen molar-refractivity contribution in [2.45, 2.75) is 59.4 Å². The molecule has 0 aromatic rings. The van der Waals surface area contributed by atoms with Gasteiger partial charge in [-0.3, -0.25) is 4.79 Å². The molecule has 0 aliphatic carbocycles. The van der Waals surface area contributed by atoms with Gasteiger partial charge in [0.05, 0.1) is 11.7 Å². The van der Waals surface area contributed by atoms with E-state index < -0.39 is 18.2 Å². The molecule has 0 aliphatic rings. The third-order valence-corrected chi connectivity index (χ3v) is 1.81. The van der Waals surface area contributed by atoms with Crippen LogP contribution in [-0.2, 0) is 23.7 Å². The Hall–Kier alpha value is -1.30. The van der Waals surface area contributed by atoms with Crippen LogP contribution in [0.25, 0.3) is 0 Å². The highest BCUT2D eigenvalue weighted by molar-refractivity contribution is 5.66. The van der Waals surface area contributed by atoms with Crippen molar-refractivity contribution >= 4 is 12.1 Å². The largest absolute Gasteiger partial charge is 0.508 e. The number of carbonyl (C=O) groups excluding carboxylic acids is 2. The van der Waals surface area contributed by atoms with Gasteiger partial charge in [-0.1, -0.05) is 0 Å². The molecule has 0 spiro atoms. The molecule has 19 heavy (non-hydrogen) atoms. The van der Waals surface area contributed by atoms with Crippen LogP contribution in [0.4, 0.5) is 4.79 Å². The second-order valence-corrected chi connectivity index (χ2v) is 5.33. The van der Waals surface area contributed by atoms with Crippen LogP contribution in [-0.4, -0.2) is 43.1 Å². The van der Waals surface area contributed by atoms with E-state index in [9.17, 15) is 9.59 Å². The molecule has 0 fully saturated rings. The minimum Gasteiger partial charge on any atom is -0.462 e. The number of rotatable bonds is 6. The molecule has 0 aromatic carbocycles. The summed E-state index contributed by atoms with van der Waals surface area (Å²) in [7, 11) is 0. The molecule has 0 saturated carbocycles. The first-order chi connectivity index (χ1) is 8.60. The fourth-order valence-electron chi connectivity index (χ4n) is 1.29. The van der Waals surface area contributed by atoms with Crippen molar-refractivity contribution in [1.82, 2.24) is 0 Å². The summed E-state index contributed by atoms with van der Waals surface area (Å²) in [4.78, 5) is 21.9. The van der Waals surface area contributed by atoms with Crippen molar-refractivity contribution in [3.05, 3.63) is 0 Å². The molecule has 0 amide bonds. The third kappa shape index (κ3) is 11.5. The molecule has 2 unspecified atom stereocenters. The van der Waals surface area contributed by atoms with Gasteiger partial charge in [0.25, 0.3) is 0 Å². The van der Waals surface area contributed by atoms with Crippen molar-refractivity contribution in [1.29, 1.82) is 0 Å². The average molecular weight is 276 g/mol. The lowest BCUT2D eigenvalue weighted by Gasteiger charge is -2.24. The highest BCUT2D eigenvalue weighted by Crippen LogP contribution is 2.11. The van der Waals surface area contributed by atoms with E-state index in [0.29, 0.717) is 0 Å². The predicted octanol–water partition coefficient (Wildman–Crippen LogP) is 2.29. The topological polar surface area (TPSA) is 71.1 Å². The second kappa shape index (κ2) is 7.99. The molecule has 0 saturated heterocycles. The van der Waals surface area contributed by atoms with Gasteiger partial charge in [-0.15, -0.1) is 0 Å². The van der Waals surface area contributed by atoms with E-state index in [1.807, 2.05) is 20.8 Å². The van der Waals surface area contributed by atoms with Gasteiger partial charge in [0.1, 0.15) is 19.3 Å². The Labute approximate surface area is 114 Å². The van der Waals surface area contributed by atoms with Crippen molar-refractivity contribution in [2.75, 3.05) is 13.2 Å². The lowest BCUT2D eigenvalue weighted by Crippen LogP contribution is -2.30. The maximum Gasteiger partial charge on any atom is 0.508 e. The first-order valence-electron chi connectivity index (χ1n) is 6.24. The molecule has 0 aliphatic heterocycles. The van der Waals surface area contributed by atoms with E-state index in [1.54, 1.807) is 13.8 Å². The number of carbonyl (C=O) groups is 2. The van der Waals surface area contributed by atoms with Crippen molar-refractivity contribution < 1.29 is 28.5 Å². The molecular weight excluding hydrogens is 252 g/mol. The molecule has 0 radical (unpaired) electrons. The first kappa shape index (κ1) is 17.7. The van der Waals surface area contributed by atoms with Gasteiger partial charge in [0.15, 0.2) is 0 Å². The smallest absolute Gasteiger partial charge is 0.462 e. The molecule has 6 heteroatoms. The SMILES string of the molecule is CC(=O)OCC(C)OC(=O)OCC(C)OC(C)(C)C. The maximum absolute atomic E-state index is 11.3. The van der Waals surface area contributed by atoms with Crippen LogP contribution in [0.1, 0.15) is 41.5 Å². The minimum atomic E-state index is -0.802. The number of hydrogen-bond acceptors (Lipinski definition) is 6. The molecule has 0 heterocycles. The standard InChI is InChI=1S/C13H24O6/c1-9(7-16-11(3)14)18-12(15)17-8-10(2)19-13(4,5)6/h9-10H,7-8H2,1-6H3. The van der Waals surface area contributed by atoms with Gasteiger partial charge in [-0.2, -0.15) is 0 Å². The van der Waals surface area contributed by atoms with Crippen LogP contribution in [0.3, 0.4) is 0 Å². The average Bonchev–Trinajstić information content (AvgIpc) is 2.21. The summed E-state index contributed by atoms with van der Waals surface area (Å²) >= 11 is 0. The van der Waals surface area contributed by atoms with Crippen LogP contribution in [0.5, 0.6) is 0 Å². The highest BCUT2D eigenvalue weighted by Gasteiger charge is 2.18. The third-order valence-electron chi connectivity index (χ3n) is 1.81. The summed E-state index contributed by atoms with van der Waals surface area (Å²) in [5.74, 6) is -0.420. The predicted molar refractivity (Wildman–Crippen MR) is 68.8 cm³/mol. The summed E-state index contributed by atoms with van der Waals surface area (Å²) in [6.07, 6.45) is -1.57. The molecule has 112 valence electrons. The molecule has 0 bridgehead atoms. The molecule has 0 N–H and O–H groups in total.